The highest BCUT2D eigenvalue weighted by Crippen LogP contribution is 2.32. The number of carbonyl (C=O) groups is 1. The molecule has 0 radical (unpaired) electrons. The second-order valence-corrected chi connectivity index (χ2v) is 6.48. The van der Waals surface area contributed by atoms with Crippen molar-refractivity contribution >= 4 is 27.9 Å². The maximum absolute atomic E-state index is 12.1. The molecular formula is C15H26N4OS. The summed E-state index contributed by atoms with van der Waals surface area (Å²) in [6, 6.07) is 1.95. The molecule has 1 fully saturated rings. The molecule has 118 valence electrons. The first kappa shape index (κ1) is 16.1. The van der Waals surface area contributed by atoms with E-state index in [4.69, 9.17) is 5.73 Å². The Hall–Kier alpha value is -1.27. The van der Waals surface area contributed by atoms with Gasteiger partial charge in [0.25, 0.3) is 5.91 Å². The van der Waals surface area contributed by atoms with Crippen molar-refractivity contribution in [2.45, 2.75) is 26.7 Å². The average molecular weight is 310 g/mol. The number of anilines is 2. The Balaban J connectivity index is 1.97. The van der Waals surface area contributed by atoms with E-state index in [0.717, 1.165) is 37.6 Å². The van der Waals surface area contributed by atoms with Gasteiger partial charge in [-0.1, -0.05) is 13.8 Å². The second-order valence-electron chi connectivity index (χ2n) is 5.45. The minimum atomic E-state index is -0.0461. The zero-order chi connectivity index (χ0) is 15.2. The molecule has 0 aliphatic carbocycles. The van der Waals surface area contributed by atoms with E-state index in [1.165, 1.54) is 24.3 Å². The molecule has 0 atom stereocenters. The van der Waals surface area contributed by atoms with Gasteiger partial charge >= 0.3 is 0 Å². The number of nitrogens with two attached hydrogens (primary N) is 1. The van der Waals surface area contributed by atoms with Crippen molar-refractivity contribution in [2.75, 3.05) is 49.9 Å². The molecule has 1 aliphatic rings. The number of thiophene rings is 1. The van der Waals surface area contributed by atoms with Crippen LogP contribution in [-0.2, 0) is 0 Å². The van der Waals surface area contributed by atoms with E-state index in [0.29, 0.717) is 17.1 Å². The van der Waals surface area contributed by atoms with E-state index >= 15 is 0 Å². The number of nitrogens with zero attached hydrogens (tertiary/aromatic N) is 2. The number of hydrogen-bond donors (Lipinski definition) is 2. The third kappa shape index (κ3) is 4.11. The summed E-state index contributed by atoms with van der Waals surface area (Å²) in [4.78, 5) is 17.5. The van der Waals surface area contributed by atoms with Crippen LogP contribution < -0.4 is 16.0 Å². The van der Waals surface area contributed by atoms with Crippen LogP contribution >= 0.6 is 11.3 Å². The minimum Gasteiger partial charge on any atom is -0.397 e. The number of piperazine rings is 1. The Labute approximate surface area is 131 Å². The third-order valence-corrected chi connectivity index (χ3v) is 4.92. The summed E-state index contributed by atoms with van der Waals surface area (Å²) >= 11 is 1.51. The molecule has 3 N–H and O–H groups in total. The van der Waals surface area contributed by atoms with Crippen molar-refractivity contribution in [1.82, 2.24) is 10.2 Å². The predicted octanol–water partition coefficient (Wildman–Crippen LogP) is 2.00. The SMILES string of the molecule is CCCNC(=O)c1sc(N2CCN(CCC)CC2)cc1N. The molecule has 1 aliphatic heterocycles. The standard InChI is InChI=1S/C15H26N4OS/c1-3-5-17-15(20)14-12(16)11-13(21-14)19-9-7-18(6-4-2)8-10-19/h11H,3-10,16H2,1-2H3,(H,17,20). The third-order valence-electron chi connectivity index (χ3n) is 3.71. The number of nitrogen functional groups attached to an aromatic ring is 1. The summed E-state index contributed by atoms with van der Waals surface area (Å²) in [5, 5.41) is 4.01. The van der Waals surface area contributed by atoms with Gasteiger partial charge in [-0.15, -0.1) is 11.3 Å². The Kier molecular flexibility index (Phi) is 5.87. The number of carbonyl (C=O) groups excluding carboxylic acids is 1. The first-order valence-electron chi connectivity index (χ1n) is 7.80. The Morgan fingerprint density at radius 2 is 2.00 bits per heavy atom. The molecule has 5 nitrogen and oxygen atoms in total. The molecule has 0 bridgehead atoms. The van der Waals surface area contributed by atoms with Crippen molar-refractivity contribution < 1.29 is 4.79 Å². The van der Waals surface area contributed by atoms with E-state index in [-0.39, 0.29) is 5.91 Å². The minimum absolute atomic E-state index is 0.0461. The fraction of sp³-hybridized carbons (Fsp3) is 0.667. The van der Waals surface area contributed by atoms with E-state index in [9.17, 15) is 4.79 Å². The molecule has 1 amide bonds. The molecular weight excluding hydrogens is 284 g/mol. The van der Waals surface area contributed by atoms with Gasteiger partial charge in [0.15, 0.2) is 0 Å². The summed E-state index contributed by atoms with van der Waals surface area (Å²) in [5.41, 5.74) is 6.61. The van der Waals surface area contributed by atoms with Gasteiger partial charge in [-0.3, -0.25) is 9.69 Å². The highest BCUT2D eigenvalue weighted by atomic mass is 32.1. The van der Waals surface area contributed by atoms with Crippen molar-refractivity contribution in [2.24, 2.45) is 0 Å². The molecule has 1 aromatic rings. The molecule has 1 saturated heterocycles. The monoisotopic (exact) mass is 310 g/mol. The highest BCUT2D eigenvalue weighted by molar-refractivity contribution is 7.18. The Morgan fingerprint density at radius 3 is 2.62 bits per heavy atom. The van der Waals surface area contributed by atoms with Crippen LogP contribution in [0.1, 0.15) is 36.4 Å². The highest BCUT2D eigenvalue weighted by Gasteiger charge is 2.21. The van der Waals surface area contributed by atoms with Crippen LogP contribution in [0.5, 0.6) is 0 Å². The van der Waals surface area contributed by atoms with Crippen LogP contribution in [0.4, 0.5) is 10.7 Å². The lowest BCUT2D eigenvalue weighted by Gasteiger charge is -2.35. The molecule has 0 aromatic carbocycles. The number of nitrogens with one attached hydrogen (secondary N) is 1. The van der Waals surface area contributed by atoms with E-state index < -0.39 is 0 Å². The van der Waals surface area contributed by atoms with Crippen molar-refractivity contribution in [3.63, 3.8) is 0 Å². The van der Waals surface area contributed by atoms with Gasteiger partial charge in [-0.2, -0.15) is 0 Å². The summed E-state index contributed by atoms with van der Waals surface area (Å²) in [6.45, 7) is 10.3. The molecule has 21 heavy (non-hydrogen) atoms. The first-order chi connectivity index (χ1) is 10.2. The fourth-order valence-electron chi connectivity index (χ4n) is 2.55. The average Bonchev–Trinajstić information content (AvgIpc) is 2.88. The zero-order valence-electron chi connectivity index (χ0n) is 13.0. The second kappa shape index (κ2) is 7.66. The molecule has 6 heteroatoms. The smallest absolute Gasteiger partial charge is 0.263 e. The van der Waals surface area contributed by atoms with Gasteiger partial charge in [-0.25, -0.2) is 0 Å². The van der Waals surface area contributed by atoms with Crippen LogP contribution in [-0.4, -0.2) is 50.1 Å². The maximum Gasteiger partial charge on any atom is 0.263 e. The van der Waals surface area contributed by atoms with E-state index in [1.807, 2.05) is 13.0 Å². The van der Waals surface area contributed by atoms with Crippen molar-refractivity contribution in [3.8, 4) is 0 Å². The predicted molar refractivity (Wildman–Crippen MR) is 90.3 cm³/mol. The van der Waals surface area contributed by atoms with Crippen LogP contribution in [0.3, 0.4) is 0 Å². The topological polar surface area (TPSA) is 61.6 Å². The molecule has 2 rings (SSSR count). The van der Waals surface area contributed by atoms with Crippen molar-refractivity contribution in [3.05, 3.63) is 10.9 Å². The normalized spacial score (nSPS) is 16.2. The molecule has 0 unspecified atom stereocenters. The van der Waals surface area contributed by atoms with Gasteiger partial charge < -0.3 is 16.0 Å². The molecule has 0 saturated carbocycles. The Morgan fingerprint density at radius 1 is 1.29 bits per heavy atom. The molecule has 0 spiro atoms. The van der Waals surface area contributed by atoms with E-state index in [2.05, 4.69) is 22.0 Å². The van der Waals surface area contributed by atoms with Crippen LogP contribution in [0.15, 0.2) is 6.07 Å². The number of amides is 1. The summed E-state index contributed by atoms with van der Waals surface area (Å²) in [6.07, 6.45) is 2.14. The van der Waals surface area contributed by atoms with E-state index in [1.54, 1.807) is 0 Å². The van der Waals surface area contributed by atoms with Crippen LogP contribution in [0, 0.1) is 0 Å². The van der Waals surface area contributed by atoms with Crippen molar-refractivity contribution in [1.29, 1.82) is 0 Å². The lowest BCUT2D eigenvalue weighted by molar-refractivity contribution is 0.0958. The lowest BCUT2D eigenvalue weighted by Crippen LogP contribution is -2.46. The zero-order valence-corrected chi connectivity index (χ0v) is 13.8. The summed E-state index contributed by atoms with van der Waals surface area (Å²) < 4.78 is 0. The summed E-state index contributed by atoms with van der Waals surface area (Å²) in [5.74, 6) is -0.0461. The first-order valence-corrected chi connectivity index (χ1v) is 8.62. The fourth-order valence-corrected chi connectivity index (χ4v) is 3.60. The van der Waals surface area contributed by atoms with Gasteiger partial charge in [0, 0.05) is 32.7 Å². The summed E-state index contributed by atoms with van der Waals surface area (Å²) in [7, 11) is 0. The lowest BCUT2D eigenvalue weighted by atomic mass is 10.3. The van der Waals surface area contributed by atoms with Gasteiger partial charge in [0.1, 0.15) is 4.88 Å². The van der Waals surface area contributed by atoms with Gasteiger partial charge in [-0.05, 0) is 25.5 Å². The quantitative estimate of drug-likeness (QED) is 0.844. The van der Waals surface area contributed by atoms with Crippen LogP contribution in [0.25, 0.3) is 0 Å². The number of hydrogen-bond acceptors (Lipinski definition) is 5. The van der Waals surface area contributed by atoms with Gasteiger partial charge in [0.2, 0.25) is 0 Å². The molecule has 1 aromatic heterocycles. The Bertz CT molecular complexity index is 466. The number of rotatable bonds is 6. The largest absolute Gasteiger partial charge is 0.397 e. The van der Waals surface area contributed by atoms with Crippen LogP contribution in [0.2, 0.25) is 0 Å². The maximum atomic E-state index is 12.1. The molecule has 2 heterocycles. The van der Waals surface area contributed by atoms with Gasteiger partial charge in [0.05, 0.1) is 10.7 Å².